The average Bonchev–Trinajstić information content (AvgIpc) is 3.32. The lowest BCUT2D eigenvalue weighted by molar-refractivity contribution is -0.147. The molecule has 4 rings (SSSR count). The second-order valence-electron chi connectivity index (χ2n) is 10.9. The van der Waals surface area contributed by atoms with Crippen LogP contribution >= 0.6 is 0 Å². The predicted octanol–water partition coefficient (Wildman–Crippen LogP) is 5.51. The number of imide groups is 1. The maximum Gasteiger partial charge on any atom is 0.336 e. The van der Waals surface area contributed by atoms with Gasteiger partial charge >= 0.3 is 11.9 Å². The van der Waals surface area contributed by atoms with E-state index in [9.17, 15) is 19.2 Å². The third kappa shape index (κ3) is 6.78. The fourth-order valence-corrected chi connectivity index (χ4v) is 5.90. The number of ether oxygens (including phenoxy) is 5. The zero-order chi connectivity index (χ0) is 33.4. The number of methoxy groups -OCH3 is 3. The molecule has 11 nitrogen and oxygen atoms in total. The zero-order valence-electron chi connectivity index (χ0n) is 27.3. The largest absolute Gasteiger partial charge is 0.493 e. The van der Waals surface area contributed by atoms with E-state index >= 15 is 0 Å². The topological polar surface area (TPSA) is 130 Å². The summed E-state index contributed by atoms with van der Waals surface area (Å²) in [6, 6.07) is 10.2. The highest BCUT2D eigenvalue weighted by atomic mass is 16.5. The van der Waals surface area contributed by atoms with Crippen LogP contribution in [0.4, 0.5) is 0 Å². The van der Waals surface area contributed by atoms with E-state index in [0.717, 1.165) is 0 Å². The summed E-state index contributed by atoms with van der Waals surface area (Å²) in [6.45, 7) is 6.19. The smallest absolute Gasteiger partial charge is 0.336 e. The summed E-state index contributed by atoms with van der Waals surface area (Å²) < 4.78 is 28.1. The van der Waals surface area contributed by atoms with Crippen molar-refractivity contribution in [1.82, 2.24) is 4.90 Å². The Kier molecular flexibility index (Phi) is 11.6. The molecule has 2 aliphatic heterocycles. The molecule has 2 unspecified atom stereocenters. The van der Waals surface area contributed by atoms with Gasteiger partial charge in [0.15, 0.2) is 11.5 Å². The van der Waals surface area contributed by atoms with Gasteiger partial charge in [-0.2, -0.15) is 0 Å². The second-order valence-corrected chi connectivity index (χ2v) is 10.9. The van der Waals surface area contributed by atoms with Crippen molar-refractivity contribution in [3.8, 4) is 17.2 Å². The van der Waals surface area contributed by atoms with Crippen LogP contribution in [0.2, 0.25) is 0 Å². The Hall–Kier alpha value is -4.67. The molecular weight excluding hydrogens is 592 g/mol. The van der Waals surface area contributed by atoms with Crippen molar-refractivity contribution >= 4 is 29.5 Å². The lowest BCUT2D eigenvalue weighted by Gasteiger charge is -2.33. The third-order valence-electron chi connectivity index (χ3n) is 8.03. The average molecular weight is 635 g/mol. The van der Waals surface area contributed by atoms with Crippen LogP contribution in [0.15, 0.2) is 52.7 Å². The predicted molar refractivity (Wildman–Crippen MR) is 171 cm³/mol. The van der Waals surface area contributed by atoms with E-state index in [1.165, 1.54) is 26.2 Å². The summed E-state index contributed by atoms with van der Waals surface area (Å²) in [4.78, 5) is 59.8. The molecule has 0 saturated heterocycles. The van der Waals surface area contributed by atoms with Crippen molar-refractivity contribution in [3.63, 3.8) is 0 Å². The van der Waals surface area contributed by atoms with E-state index in [2.05, 4.69) is 0 Å². The molecule has 246 valence electrons. The van der Waals surface area contributed by atoms with Crippen molar-refractivity contribution in [2.24, 2.45) is 10.9 Å². The molecule has 2 aromatic carbocycles. The molecular formula is C35H42N2O9. The Balaban J connectivity index is 1.82. The highest BCUT2D eigenvalue weighted by molar-refractivity contribution is 6.21. The molecule has 2 aromatic rings. The van der Waals surface area contributed by atoms with Crippen molar-refractivity contribution in [2.45, 2.75) is 58.8 Å². The Labute approximate surface area is 269 Å². The molecule has 0 aromatic heterocycles. The van der Waals surface area contributed by atoms with E-state index in [1.54, 1.807) is 36.4 Å². The minimum absolute atomic E-state index is 0.126. The summed E-state index contributed by atoms with van der Waals surface area (Å²) in [5.74, 6) is -2.54. The number of benzene rings is 2. The summed E-state index contributed by atoms with van der Waals surface area (Å²) >= 11 is 0. The first-order valence-corrected chi connectivity index (χ1v) is 15.6. The fraction of sp³-hybridized carbons (Fsp3) is 0.457. The molecule has 2 amide bonds. The number of hydrogen-bond acceptors (Lipinski definition) is 10. The minimum Gasteiger partial charge on any atom is -0.493 e. The molecule has 0 saturated carbocycles. The van der Waals surface area contributed by atoms with E-state index in [-0.39, 0.29) is 43.6 Å². The molecule has 0 aliphatic carbocycles. The normalized spacial score (nSPS) is 17.4. The third-order valence-corrected chi connectivity index (χ3v) is 8.03. The highest BCUT2D eigenvalue weighted by Gasteiger charge is 2.45. The fourth-order valence-electron chi connectivity index (χ4n) is 5.90. The second kappa shape index (κ2) is 15.6. The van der Waals surface area contributed by atoms with Crippen LogP contribution < -0.4 is 14.2 Å². The monoisotopic (exact) mass is 634 g/mol. The molecule has 0 spiro atoms. The Bertz CT molecular complexity index is 1480. The molecule has 46 heavy (non-hydrogen) atoms. The van der Waals surface area contributed by atoms with Gasteiger partial charge in [0.2, 0.25) is 5.75 Å². The molecule has 0 fully saturated rings. The molecule has 2 atom stereocenters. The SMILES string of the molecule is CCCOC(=O)C1=C(CCCN2C(=O)c3ccccc3C2=O)N=C(CC)C(C(=O)OCCC)C1c1cc(OC)c(OC)c(OC)c1. The molecule has 0 radical (unpaired) electrons. The van der Waals surface area contributed by atoms with Crippen LogP contribution in [-0.4, -0.2) is 75.5 Å². The van der Waals surface area contributed by atoms with E-state index < -0.39 is 23.8 Å². The Morgan fingerprint density at radius 3 is 1.96 bits per heavy atom. The summed E-state index contributed by atoms with van der Waals surface area (Å²) in [5, 5.41) is 0. The number of amides is 2. The number of allylic oxidation sites excluding steroid dienone is 1. The molecule has 2 heterocycles. The van der Waals surface area contributed by atoms with Crippen molar-refractivity contribution in [1.29, 1.82) is 0 Å². The lowest BCUT2D eigenvalue weighted by Crippen LogP contribution is -2.38. The Morgan fingerprint density at radius 1 is 0.848 bits per heavy atom. The first kappa shape index (κ1) is 34.2. The number of rotatable bonds is 15. The summed E-state index contributed by atoms with van der Waals surface area (Å²) in [5.41, 5.74) is 2.47. The van der Waals surface area contributed by atoms with Gasteiger partial charge in [-0.3, -0.25) is 24.3 Å². The van der Waals surface area contributed by atoms with Gasteiger partial charge in [-0.15, -0.1) is 0 Å². The lowest BCUT2D eigenvalue weighted by atomic mass is 9.74. The Morgan fingerprint density at radius 2 is 1.43 bits per heavy atom. The van der Waals surface area contributed by atoms with Gasteiger partial charge in [-0.1, -0.05) is 32.9 Å². The van der Waals surface area contributed by atoms with Gasteiger partial charge in [0.05, 0.1) is 56.9 Å². The maximum atomic E-state index is 13.9. The van der Waals surface area contributed by atoms with Gasteiger partial charge in [0, 0.05) is 18.2 Å². The molecule has 0 bridgehead atoms. The van der Waals surface area contributed by atoms with E-state index in [4.69, 9.17) is 28.7 Å². The van der Waals surface area contributed by atoms with Gasteiger partial charge in [-0.25, -0.2) is 4.79 Å². The van der Waals surface area contributed by atoms with Crippen LogP contribution in [0.5, 0.6) is 17.2 Å². The zero-order valence-corrected chi connectivity index (χ0v) is 27.3. The van der Waals surface area contributed by atoms with E-state index in [0.29, 0.717) is 71.0 Å². The van der Waals surface area contributed by atoms with E-state index in [1.807, 2.05) is 20.8 Å². The molecule has 11 heteroatoms. The molecule has 0 N–H and O–H groups in total. The van der Waals surface area contributed by atoms with Crippen molar-refractivity contribution < 1.29 is 42.9 Å². The van der Waals surface area contributed by atoms with Gasteiger partial charge in [0.25, 0.3) is 11.8 Å². The minimum atomic E-state index is -0.927. The highest BCUT2D eigenvalue weighted by Crippen LogP contribution is 2.47. The summed E-state index contributed by atoms with van der Waals surface area (Å²) in [6.07, 6.45) is 2.19. The summed E-state index contributed by atoms with van der Waals surface area (Å²) in [7, 11) is 4.48. The maximum absolute atomic E-state index is 13.9. The number of nitrogens with zero attached hydrogens (tertiary/aromatic N) is 2. The van der Waals surface area contributed by atoms with Crippen LogP contribution in [0.25, 0.3) is 0 Å². The van der Waals surface area contributed by atoms with Crippen LogP contribution in [0.3, 0.4) is 0 Å². The van der Waals surface area contributed by atoms with Gasteiger partial charge in [0.1, 0.15) is 5.92 Å². The number of carbonyl (C=O) groups is 4. The molecule has 2 aliphatic rings. The number of fused-ring (bicyclic) bond motifs is 1. The number of aliphatic imine (C=N–C) groups is 1. The van der Waals surface area contributed by atoms with Crippen LogP contribution in [0, 0.1) is 5.92 Å². The standard InChI is InChI=1S/C35H42N2O9/c1-7-17-45-34(40)29-24(9-3)36-25(15-12-16-37-32(38)22-13-10-11-14-23(22)33(37)39)30(35(41)46-18-8-2)28(29)21-19-26(42-4)31(44-6)27(20-21)43-5/h10-11,13-14,19-20,28-29H,7-9,12,15-18H2,1-6H3. The van der Waals surface area contributed by atoms with Gasteiger partial charge in [-0.05, 0) is 61.9 Å². The quantitative estimate of drug-likeness (QED) is 0.184. The van der Waals surface area contributed by atoms with Crippen LogP contribution in [-0.2, 0) is 19.1 Å². The first-order chi connectivity index (χ1) is 22.3. The number of carbonyl (C=O) groups excluding carboxylic acids is 4. The first-order valence-electron chi connectivity index (χ1n) is 15.6. The van der Waals surface area contributed by atoms with Crippen LogP contribution in [0.1, 0.15) is 85.1 Å². The number of esters is 2. The van der Waals surface area contributed by atoms with Gasteiger partial charge < -0.3 is 23.7 Å². The number of hydrogen-bond donors (Lipinski definition) is 0. The van der Waals surface area contributed by atoms with Crippen molar-refractivity contribution in [2.75, 3.05) is 41.1 Å². The van der Waals surface area contributed by atoms with Crippen molar-refractivity contribution in [3.05, 3.63) is 64.4 Å².